The molecule has 0 radical (unpaired) electrons. The van der Waals surface area contributed by atoms with Crippen molar-refractivity contribution in [2.24, 2.45) is 4.99 Å². The largest absolute Gasteiger partial charge is 0.494 e. The normalized spacial score (nSPS) is 11.6. The van der Waals surface area contributed by atoms with E-state index in [2.05, 4.69) is 9.88 Å². The van der Waals surface area contributed by atoms with Crippen molar-refractivity contribution in [1.82, 2.24) is 9.88 Å². The Balaban J connectivity index is 0.000000392. The van der Waals surface area contributed by atoms with Gasteiger partial charge in [-0.25, -0.2) is 14.2 Å². The van der Waals surface area contributed by atoms with E-state index in [-0.39, 0.29) is 12.3 Å². The van der Waals surface area contributed by atoms with Gasteiger partial charge < -0.3 is 40.5 Å². The third-order valence-electron chi connectivity index (χ3n) is 6.79. The molecule has 4 aromatic rings. The lowest BCUT2D eigenvalue weighted by atomic mass is 9.96. The average Bonchev–Trinajstić information content (AvgIpc) is 3.29. The van der Waals surface area contributed by atoms with Gasteiger partial charge in [-0.05, 0) is 62.0 Å². The van der Waals surface area contributed by atoms with Gasteiger partial charge in [0.1, 0.15) is 5.82 Å². The highest BCUT2D eigenvalue weighted by Gasteiger charge is 2.40. The van der Waals surface area contributed by atoms with Crippen molar-refractivity contribution in [1.29, 1.82) is 0 Å². The molecule has 0 amide bonds. The second kappa shape index (κ2) is 15.6. The number of aromatic hydroxyl groups is 1. The van der Waals surface area contributed by atoms with Crippen LogP contribution in [-0.4, -0.2) is 89.8 Å². The van der Waals surface area contributed by atoms with Gasteiger partial charge >= 0.3 is 23.9 Å². The molecule has 0 spiro atoms. The molecule has 0 bridgehead atoms. The zero-order valence-electron chi connectivity index (χ0n) is 25.5. The number of halogens is 1. The van der Waals surface area contributed by atoms with E-state index in [1.165, 1.54) is 12.1 Å². The Morgan fingerprint density at radius 2 is 1.40 bits per heavy atom. The van der Waals surface area contributed by atoms with Gasteiger partial charge in [0.2, 0.25) is 0 Å². The van der Waals surface area contributed by atoms with Crippen LogP contribution in [0.5, 0.6) is 5.88 Å². The second-order valence-corrected chi connectivity index (χ2v) is 11.0. The fourth-order valence-corrected chi connectivity index (χ4v) is 4.62. The fraction of sp³-hybridized carbons (Fsp3) is 0.242. The lowest BCUT2D eigenvalue weighted by Crippen LogP contribution is -2.42. The van der Waals surface area contributed by atoms with Crippen LogP contribution in [0.4, 0.5) is 10.1 Å². The van der Waals surface area contributed by atoms with Crippen LogP contribution in [0, 0.1) is 5.82 Å². The van der Waals surface area contributed by atoms with Crippen molar-refractivity contribution in [2.45, 2.75) is 37.8 Å². The van der Waals surface area contributed by atoms with E-state index in [4.69, 9.17) is 30.5 Å². The summed E-state index contributed by atoms with van der Waals surface area (Å²) in [5.41, 5.74) is 2.24. The number of aliphatic hydroxyl groups is 1. The average molecular weight is 652 g/mol. The quantitative estimate of drug-likeness (QED) is 0.102. The SMILES string of the molecule is CN(C)Cc1ccc(N=C(c2ccc(CCC(=O)O)cc2)c2c(O)[nH]c3cc(F)ccc23)cc1.O=C(O)CC(O)(CC(=O)O)C(=O)O. The van der Waals surface area contributed by atoms with E-state index in [1.807, 2.05) is 62.6 Å². The first-order valence-corrected chi connectivity index (χ1v) is 14.1. The monoisotopic (exact) mass is 651 g/mol. The molecule has 0 fully saturated rings. The molecule has 0 saturated heterocycles. The summed E-state index contributed by atoms with van der Waals surface area (Å²) in [6.07, 6.45) is -1.81. The van der Waals surface area contributed by atoms with E-state index >= 15 is 0 Å². The number of aromatic amines is 1. The minimum Gasteiger partial charge on any atom is -0.494 e. The molecule has 0 aliphatic heterocycles. The number of aliphatic carboxylic acids is 4. The van der Waals surface area contributed by atoms with E-state index in [9.17, 15) is 28.7 Å². The highest BCUT2D eigenvalue weighted by atomic mass is 19.1. The van der Waals surface area contributed by atoms with Crippen LogP contribution in [0.2, 0.25) is 0 Å². The Morgan fingerprint density at radius 3 is 1.91 bits per heavy atom. The maximum Gasteiger partial charge on any atom is 0.336 e. The molecule has 0 aliphatic rings. The molecule has 13 nitrogen and oxygen atoms in total. The molecule has 0 unspecified atom stereocenters. The van der Waals surface area contributed by atoms with E-state index in [1.54, 1.807) is 6.07 Å². The highest BCUT2D eigenvalue weighted by Crippen LogP contribution is 2.32. The van der Waals surface area contributed by atoms with Crippen LogP contribution in [0.3, 0.4) is 0 Å². The highest BCUT2D eigenvalue weighted by molar-refractivity contribution is 6.21. The van der Waals surface area contributed by atoms with Crippen LogP contribution in [0.15, 0.2) is 71.7 Å². The van der Waals surface area contributed by atoms with Crippen molar-refractivity contribution >= 4 is 46.2 Å². The van der Waals surface area contributed by atoms with Crippen molar-refractivity contribution in [3.8, 4) is 5.88 Å². The minimum atomic E-state index is -2.74. The van der Waals surface area contributed by atoms with Gasteiger partial charge in [0.05, 0.1) is 35.3 Å². The minimum absolute atomic E-state index is 0.0500. The number of hydrogen-bond donors (Lipinski definition) is 7. The molecule has 0 atom stereocenters. The number of nitrogens with one attached hydrogen (secondary N) is 1. The Hall–Kier alpha value is -5.60. The fourth-order valence-electron chi connectivity index (χ4n) is 4.62. The number of carboxylic acids is 4. The van der Waals surface area contributed by atoms with Crippen molar-refractivity contribution in [3.63, 3.8) is 0 Å². The summed E-state index contributed by atoms with van der Waals surface area (Å²) < 4.78 is 13.8. The summed E-state index contributed by atoms with van der Waals surface area (Å²) in [6.45, 7) is 0.809. The number of aliphatic imine (C=N–C) groups is 1. The Bertz CT molecular complexity index is 1760. The maximum atomic E-state index is 13.8. The second-order valence-electron chi connectivity index (χ2n) is 11.0. The molecule has 3 aromatic carbocycles. The van der Waals surface area contributed by atoms with Crippen molar-refractivity contribution in [3.05, 3.63) is 94.8 Å². The van der Waals surface area contributed by atoms with Gasteiger partial charge in [-0.1, -0.05) is 36.4 Å². The van der Waals surface area contributed by atoms with E-state index in [0.29, 0.717) is 34.3 Å². The van der Waals surface area contributed by atoms with Gasteiger partial charge in [0.25, 0.3) is 0 Å². The number of fused-ring (bicyclic) bond motifs is 1. The van der Waals surface area contributed by atoms with Gasteiger partial charge in [-0.3, -0.25) is 14.4 Å². The molecular weight excluding hydrogens is 617 g/mol. The summed E-state index contributed by atoms with van der Waals surface area (Å²) in [4.78, 5) is 51.2. The Kier molecular flexibility index (Phi) is 11.9. The van der Waals surface area contributed by atoms with Gasteiger partial charge in [0.15, 0.2) is 11.5 Å². The summed E-state index contributed by atoms with van der Waals surface area (Å²) in [5.74, 6) is -6.37. The molecule has 7 N–H and O–H groups in total. The molecule has 0 aliphatic carbocycles. The first-order valence-electron chi connectivity index (χ1n) is 14.1. The summed E-state index contributed by atoms with van der Waals surface area (Å²) in [5, 5.41) is 54.2. The maximum absolute atomic E-state index is 13.8. The van der Waals surface area contributed by atoms with E-state index < -0.39 is 48.1 Å². The number of rotatable bonds is 13. The molecule has 47 heavy (non-hydrogen) atoms. The van der Waals surface area contributed by atoms with Crippen LogP contribution in [-0.2, 0) is 32.1 Å². The molecule has 1 aromatic heterocycles. The number of aromatic nitrogens is 1. The number of carbonyl (C=O) groups is 4. The van der Waals surface area contributed by atoms with Crippen LogP contribution < -0.4 is 0 Å². The molecule has 1 heterocycles. The zero-order chi connectivity index (χ0) is 34.9. The smallest absolute Gasteiger partial charge is 0.336 e. The van der Waals surface area contributed by atoms with Gasteiger partial charge in [0, 0.05) is 23.9 Å². The molecule has 248 valence electrons. The first-order chi connectivity index (χ1) is 22.1. The topological polar surface area (TPSA) is 221 Å². The number of benzene rings is 3. The molecule has 14 heteroatoms. The summed E-state index contributed by atoms with van der Waals surface area (Å²) >= 11 is 0. The summed E-state index contributed by atoms with van der Waals surface area (Å²) in [6, 6.07) is 19.6. The lowest BCUT2D eigenvalue weighted by Gasteiger charge is -2.18. The third kappa shape index (κ3) is 10.2. The molecule has 0 saturated carbocycles. The van der Waals surface area contributed by atoms with Crippen LogP contribution in [0.1, 0.15) is 41.5 Å². The number of nitrogens with zero attached hydrogens (tertiary/aromatic N) is 2. The standard InChI is InChI=1S/C27H26FN3O3.C6H8O7/c1-31(2)16-18-5-11-21(12-6-18)29-26(19-8-3-17(4-9-19)7-14-24(32)33)25-22-13-10-20(28)15-23(22)30-27(25)34;7-3(8)1-6(13,5(11)12)2-4(9)10/h3-6,8-13,15,30,34H,7,14,16H2,1-2H3,(H,32,33);13H,1-2H2,(H,7,8)(H,9,10)(H,11,12). The van der Waals surface area contributed by atoms with Crippen molar-refractivity contribution in [2.75, 3.05) is 14.1 Å². The third-order valence-corrected chi connectivity index (χ3v) is 6.79. The van der Waals surface area contributed by atoms with Gasteiger partial charge in [-0.2, -0.15) is 0 Å². The lowest BCUT2D eigenvalue weighted by molar-refractivity contribution is -0.170. The predicted octanol–water partition coefficient (Wildman–Crippen LogP) is 4.01. The number of carboxylic acid groups (broad SMARTS) is 4. The van der Waals surface area contributed by atoms with Crippen LogP contribution in [0.25, 0.3) is 10.9 Å². The molecular formula is C33H34FN3O10. The van der Waals surface area contributed by atoms with E-state index in [0.717, 1.165) is 23.2 Å². The predicted molar refractivity (Wildman–Crippen MR) is 169 cm³/mol. The number of H-pyrrole nitrogens is 1. The Morgan fingerprint density at radius 1 is 0.830 bits per heavy atom. The zero-order valence-corrected chi connectivity index (χ0v) is 25.5. The Labute approximate surface area is 267 Å². The number of hydrogen-bond acceptors (Lipinski definition) is 8. The molecule has 4 rings (SSSR count). The van der Waals surface area contributed by atoms with Crippen LogP contribution >= 0.6 is 0 Å². The van der Waals surface area contributed by atoms with Gasteiger partial charge in [-0.15, -0.1) is 0 Å². The first kappa shape index (κ1) is 35.9. The summed E-state index contributed by atoms with van der Waals surface area (Å²) in [7, 11) is 4.01. The number of aryl methyl sites for hydroxylation is 1. The van der Waals surface area contributed by atoms with Crippen molar-refractivity contribution < 1.29 is 54.2 Å².